The molecule has 3 aromatic heterocycles. The number of hydrogen-bond donors (Lipinski definition) is 0. The summed E-state index contributed by atoms with van der Waals surface area (Å²) in [6.07, 6.45) is 1.85. The van der Waals surface area contributed by atoms with Crippen LogP contribution in [0.1, 0.15) is 0 Å². The maximum absolute atomic E-state index is 5.97. The van der Waals surface area contributed by atoms with Gasteiger partial charge in [0.2, 0.25) is 0 Å². The molecule has 0 amide bonds. The first-order chi connectivity index (χ1) is 12.9. The Morgan fingerprint density at radius 1 is 0.654 bits per heavy atom. The first kappa shape index (κ1) is 13.7. The van der Waals surface area contributed by atoms with Gasteiger partial charge in [0.05, 0.1) is 5.52 Å². The largest absolute Gasteiger partial charge is 0.456 e. The Bertz CT molecular complexity index is 1390. The molecule has 122 valence electrons. The number of para-hydroxylation sites is 2. The quantitative estimate of drug-likeness (QED) is 0.365. The van der Waals surface area contributed by atoms with Crippen LogP contribution in [0.15, 0.2) is 89.5 Å². The molecule has 3 heterocycles. The number of aromatic nitrogens is 2. The molecule has 0 atom stereocenters. The van der Waals surface area contributed by atoms with Crippen molar-refractivity contribution in [1.82, 2.24) is 9.55 Å². The molecule has 0 radical (unpaired) electrons. The molecular formula is C23H14N2O. The number of furan rings is 1. The Balaban J connectivity index is 1.76. The van der Waals surface area contributed by atoms with E-state index in [1.807, 2.05) is 36.5 Å². The molecule has 3 nitrogen and oxygen atoms in total. The lowest BCUT2D eigenvalue weighted by molar-refractivity contribution is 0.669. The topological polar surface area (TPSA) is 31.0 Å². The van der Waals surface area contributed by atoms with Crippen molar-refractivity contribution in [3.8, 4) is 5.69 Å². The van der Waals surface area contributed by atoms with Crippen molar-refractivity contribution >= 4 is 43.9 Å². The maximum Gasteiger partial charge on any atom is 0.145 e. The van der Waals surface area contributed by atoms with Gasteiger partial charge in [0.15, 0.2) is 0 Å². The average Bonchev–Trinajstić information content (AvgIpc) is 3.23. The lowest BCUT2D eigenvalue weighted by Crippen LogP contribution is -1.94. The summed E-state index contributed by atoms with van der Waals surface area (Å²) in [7, 11) is 0. The second-order valence-corrected chi connectivity index (χ2v) is 6.51. The standard InChI is InChI=1S/C23H14N2O/c1-3-9-20-16(6-1)18-8-5-13-24-23(18)25(20)15-11-12-22-19(14-15)17-7-2-4-10-21(17)26-22/h1-14H. The molecule has 0 N–H and O–H groups in total. The molecule has 6 aromatic rings. The molecule has 0 fully saturated rings. The smallest absolute Gasteiger partial charge is 0.145 e. The molecule has 0 saturated carbocycles. The summed E-state index contributed by atoms with van der Waals surface area (Å²) in [5, 5.41) is 4.64. The molecule has 0 aliphatic rings. The number of fused-ring (bicyclic) bond motifs is 6. The van der Waals surface area contributed by atoms with E-state index in [-0.39, 0.29) is 0 Å². The SMILES string of the molecule is c1ccc2c(c1)oc1ccc(-n3c4ccccc4c4cccnc43)cc12. The first-order valence-corrected chi connectivity index (χ1v) is 8.66. The predicted octanol–water partition coefficient (Wildman–Crippen LogP) is 6.08. The summed E-state index contributed by atoms with van der Waals surface area (Å²) in [4.78, 5) is 4.66. The van der Waals surface area contributed by atoms with Crippen LogP contribution in [0.3, 0.4) is 0 Å². The Kier molecular flexibility index (Phi) is 2.61. The van der Waals surface area contributed by atoms with E-state index < -0.39 is 0 Å². The molecule has 0 aliphatic heterocycles. The molecule has 3 aromatic carbocycles. The molecule has 26 heavy (non-hydrogen) atoms. The van der Waals surface area contributed by atoms with E-state index >= 15 is 0 Å². The summed E-state index contributed by atoms with van der Waals surface area (Å²) in [6, 6.07) is 27.1. The minimum Gasteiger partial charge on any atom is -0.456 e. The number of hydrogen-bond acceptors (Lipinski definition) is 2. The molecule has 0 aliphatic carbocycles. The highest BCUT2D eigenvalue weighted by atomic mass is 16.3. The van der Waals surface area contributed by atoms with Gasteiger partial charge in [0, 0.05) is 33.4 Å². The molecule has 0 spiro atoms. The summed E-state index contributed by atoms with van der Waals surface area (Å²) >= 11 is 0. The van der Waals surface area contributed by atoms with Crippen LogP contribution in [0.4, 0.5) is 0 Å². The zero-order valence-corrected chi connectivity index (χ0v) is 13.9. The van der Waals surface area contributed by atoms with Gasteiger partial charge in [0.25, 0.3) is 0 Å². The van der Waals surface area contributed by atoms with Gasteiger partial charge in [-0.25, -0.2) is 4.98 Å². The summed E-state index contributed by atoms with van der Waals surface area (Å²) in [5.41, 5.74) is 5.05. The lowest BCUT2D eigenvalue weighted by atomic mass is 10.1. The van der Waals surface area contributed by atoms with Crippen LogP contribution in [0.25, 0.3) is 49.6 Å². The van der Waals surface area contributed by atoms with E-state index in [1.165, 1.54) is 10.8 Å². The van der Waals surface area contributed by atoms with E-state index in [9.17, 15) is 0 Å². The summed E-state index contributed by atoms with van der Waals surface area (Å²) < 4.78 is 8.20. The van der Waals surface area contributed by atoms with Crippen molar-refractivity contribution in [2.45, 2.75) is 0 Å². The van der Waals surface area contributed by atoms with Crippen molar-refractivity contribution in [2.24, 2.45) is 0 Å². The average molecular weight is 334 g/mol. The molecule has 0 bridgehead atoms. The zero-order valence-electron chi connectivity index (χ0n) is 13.9. The molecule has 3 heteroatoms. The molecule has 0 saturated heterocycles. The van der Waals surface area contributed by atoms with Gasteiger partial charge in [-0.1, -0.05) is 36.4 Å². The third-order valence-corrected chi connectivity index (χ3v) is 5.05. The van der Waals surface area contributed by atoms with Crippen LogP contribution in [0, 0.1) is 0 Å². The van der Waals surface area contributed by atoms with Crippen LogP contribution in [0.5, 0.6) is 0 Å². The minimum absolute atomic E-state index is 0.906. The van der Waals surface area contributed by atoms with E-state index in [0.717, 1.165) is 38.8 Å². The number of nitrogens with zero attached hydrogens (tertiary/aromatic N) is 2. The van der Waals surface area contributed by atoms with Crippen molar-refractivity contribution in [3.05, 3.63) is 85.1 Å². The van der Waals surface area contributed by atoms with E-state index in [1.54, 1.807) is 0 Å². The fraction of sp³-hybridized carbons (Fsp3) is 0. The second kappa shape index (κ2) is 4.96. The van der Waals surface area contributed by atoms with Gasteiger partial charge >= 0.3 is 0 Å². The first-order valence-electron chi connectivity index (χ1n) is 8.66. The highest BCUT2D eigenvalue weighted by Gasteiger charge is 2.14. The van der Waals surface area contributed by atoms with Crippen molar-refractivity contribution in [3.63, 3.8) is 0 Å². The van der Waals surface area contributed by atoms with Crippen molar-refractivity contribution < 1.29 is 4.42 Å². The van der Waals surface area contributed by atoms with E-state index in [2.05, 4.69) is 58.1 Å². The summed E-state index contributed by atoms with van der Waals surface area (Å²) in [5.74, 6) is 0. The lowest BCUT2D eigenvalue weighted by Gasteiger charge is -2.07. The fourth-order valence-corrected chi connectivity index (χ4v) is 3.91. The predicted molar refractivity (Wildman–Crippen MR) is 106 cm³/mol. The summed E-state index contributed by atoms with van der Waals surface area (Å²) in [6.45, 7) is 0. The minimum atomic E-state index is 0.906. The Labute approximate surface area is 149 Å². The highest BCUT2D eigenvalue weighted by Crippen LogP contribution is 2.34. The van der Waals surface area contributed by atoms with Gasteiger partial charge in [0.1, 0.15) is 16.8 Å². The van der Waals surface area contributed by atoms with Gasteiger partial charge in [-0.3, -0.25) is 4.57 Å². The fourth-order valence-electron chi connectivity index (χ4n) is 3.91. The van der Waals surface area contributed by atoms with Gasteiger partial charge < -0.3 is 4.42 Å². The normalized spacial score (nSPS) is 11.8. The third kappa shape index (κ3) is 1.74. The monoisotopic (exact) mass is 334 g/mol. The molecular weight excluding hydrogens is 320 g/mol. The van der Waals surface area contributed by atoms with Gasteiger partial charge in [-0.2, -0.15) is 0 Å². The van der Waals surface area contributed by atoms with Crippen LogP contribution in [-0.2, 0) is 0 Å². The van der Waals surface area contributed by atoms with Gasteiger partial charge in [-0.15, -0.1) is 0 Å². The van der Waals surface area contributed by atoms with E-state index in [4.69, 9.17) is 4.42 Å². The highest BCUT2D eigenvalue weighted by molar-refractivity contribution is 6.09. The number of pyridine rings is 1. The molecule has 0 unspecified atom stereocenters. The third-order valence-electron chi connectivity index (χ3n) is 5.05. The van der Waals surface area contributed by atoms with E-state index in [0.29, 0.717) is 0 Å². The van der Waals surface area contributed by atoms with Crippen LogP contribution >= 0.6 is 0 Å². The zero-order chi connectivity index (χ0) is 17.1. The molecule has 6 rings (SSSR count). The maximum atomic E-state index is 5.97. The van der Waals surface area contributed by atoms with Crippen molar-refractivity contribution in [1.29, 1.82) is 0 Å². The van der Waals surface area contributed by atoms with Crippen LogP contribution < -0.4 is 0 Å². The van der Waals surface area contributed by atoms with Crippen molar-refractivity contribution in [2.75, 3.05) is 0 Å². The Morgan fingerprint density at radius 3 is 2.38 bits per heavy atom. The Hall–Kier alpha value is -3.59. The van der Waals surface area contributed by atoms with Gasteiger partial charge in [-0.05, 0) is 42.5 Å². The number of benzene rings is 3. The van der Waals surface area contributed by atoms with Crippen LogP contribution in [-0.4, -0.2) is 9.55 Å². The number of rotatable bonds is 1. The van der Waals surface area contributed by atoms with Crippen LogP contribution in [0.2, 0.25) is 0 Å². The Morgan fingerprint density at radius 2 is 1.42 bits per heavy atom. The second-order valence-electron chi connectivity index (χ2n) is 6.51.